The molecule has 212 valence electrons. The third-order valence-electron chi connectivity index (χ3n) is 6.19. The Kier molecular flexibility index (Phi) is 10.3. The highest BCUT2D eigenvalue weighted by Gasteiger charge is 2.19. The summed E-state index contributed by atoms with van der Waals surface area (Å²) in [7, 11) is 0. The first kappa shape index (κ1) is 30.3. The number of hydrogen-bond acceptors (Lipinski definition) is 8. The minimum absolute atomic E-state index is 0.0327. The number of rotatable bonds is 12. The first-order chi connectivity index (χ1) is 18.3. The second-order valence-electron chi connectivity index (χ2n) is 11.0. The van der Waals surface area contributed by atoms with Gasteiger partial charge in [-0.15, -0.1) is 11.3 Å². The van der Waals surface area contributed by atoms with E-state index in [2.05, 4.69) is 21.3 Å². The summed E-state index contributed by atoms with van der Waals surface area (Å²) < 4.78 is 7.69. The molecule has 0 aliphatic rings. The maximum atomic E-state index is 13.1. The van der Waals surface area contributed by atoms with Gasteiger partial charge >= 0.3 is 0 Å². The molecule has 0 fully saturated rings. The topological polar surface area (TPSA) is 168 Å². The van der Waals surface area contributed by atoms with Crippen molar-refractivity contribution in [1.29, 1.82) is 10.8 Å². The summed E-state index contributed by atoms with van der Waals surface area (Å²) in [5.74, 6) is 0.548. The molecule has 1 atom stereocenters. The van der Waals surface area contributed by atoms with Crippen LogP contribution in [0.5, 0.6) is 5.75 Å². The maximum absolute atomic E-state index is 13.1. The fourth-order valence-corrected chi connectivity index (χ4v) is 4.98. The third kappa shape index (κ3) is 9.47. The minimum atomic E-state index is -0.781. The van der Waals surface area contributed by atoms with Gasteiger partial charge in [-0.25, -0.2) is 0 Å². The van der Waals surface area contributed by atoms with Gasteiger partial charge in [0.25, 0.3) is 0 Å². The summed E-state index contributed by atoms with van der Waals surface area (Å²) in [5.41, 5.74) is 5.22. The Morgan fingerprint density at radius 1 is 1.00 bits per heavy atom. The lowest BCUT2D eigenvalue weighted by atomic mass is 10.0. The predicted molar refractivity (Wildman–Crippen MR) is 161 cm³/mol. The van der Waals surface area contributed by atoms with E-state index in [4.69, 9.17) is 21.3 Å². The van der Waals surface area contributed by atoms with Crippen molar-refractivity contribution in [2.75, 3.05) is 26.2 Å². The lowest BCUT2D eigenvalue weighted by Gasteiger charge is -2.28. The van der Waals surface area contributed by atoms with Gasteiger partial charge < -0.3 is 31.5 Å². The van der Waals surface area contributed by atoms with Crippen LogP contribution in [0.25, 0.3) is 20.2 Å². The van der Waals surface area contributed by atoms with E-state index in [1.807, 2.05) is 64.1 Å². The molecular weight excluding hydrogens is 514 g/mol. The lowest BCUT2D eigenvalue weighted by Crippen LogP contribution is -2.50. The molecule has 10 nitrogen and oxygen atoms in total. The second-order valence-corrected chi connectivity index (χ2v) is 12.1. The van der Waals surface area contributed by atoms with Crippen LogP contribution >= 0.6 is 11.3 Å². The molecule has 11 heteroatoms. The second kappa shape index (κ2) is 13.2. The largest absolute Gasteiger partial charge is 0.490 e. The number of ether oxygens (including phenoxy) is 1. The zero-order valence-electron chi connectivity index (χ0n) is 23.1. The molecule has 0 saturated heterocycles. The van der Waals surface area contributed by atoms with E-state index in [0.29, 0.717) is 49.0 Å². The third-order valence-corrected chi connectivity index (χ3v) is 7.32. The fourth-order valence-electron chi connectivity index (χ4n) is 3.89. The van der Waals surface area contributed by atoms with Crippen LogP contribution in [-0.2, 0) is 0 Å². The van der Waals surface area contributed by atoms with E-state index in [0.717, 1.165) is 9.40 Å². The number of nitrogens with one attached hydrogen (secondary N) is 6. The molecular formula is C28H41N7O3S. The number of β-amino-alcohol motifs (C(OH)–C–C–N with tert-alkyl or cyclic N) is 1. The van der Waals surface area contributed by atoms with Crippen molar-refractivity contribution < 1.29 is 9.84 Å². The number of aliphatic hydroxyl groups excluding tert-OH is 1. The average Bonchev–Trinajstić information content (AvgIpc) is 2.85. The van der Waals surface area contributed by atoms with Crippen LogP contribution in [0.1, 0.15) is 40.5 Å². The predicted octanol–water partition coefficient (Wildman–Crippen LogP) is 2.68. The molecule has 3 rings (SSSR count). The maximum Gasteiger partial charge on any atom is 0.199 e. The Bertz CT molecular complexity index is 1350. The van der Waals surface area contributed by atoms with Gasteiger partial charge in [-0.05, 0) is 64.8 Å². The van der Waals surface area contributed by atoms with Crippen molar-refractivity contribution in [3.05, 3.63) is 52.7 Å². The number of guanidine groups is 2. The van der Waals surface area contributed by atoms with Gasteiger partial charge in [0.05, 0.1) is 5.39 Å². The Hall–Kier alpha value is -3.25. The van der Waals surface area contributed by atoms with E-state index < -0.39 is 6.10 Å². The Morgan fingerprint density at radius 3 is 2.33 bits per heavy atom. The van der Waals surface area contributed by atoms with Gasteiger partial charge in [0.2, 0.25) is 0 Å². The molecule has 0 aliphatic carbocycles. The van der Waals surface area contributed by atoms with Gasteiger partial charge in [0.1, 0.15) is 18.5 Å². The molecule has 0 saturated carbocycles. The van der Waals surface area contributed by atoms with E-state index in [9.17, 15) is 9.90 Å². The van der Waals surface area contributed by atoms with Crippen molar-refractivity contribution in [2.45, 2.75) is 57.7 Å². The molecule has 39 heavy (non-hydrogen) atoms. The molecule has 2 aromatic carbocycles. The zero-order chi connectivity index (χ0) is 28.6. The molecule has 1 heterocycles. The standard InChI is InChI=1S/C28H41N7O3S/c1-27(2,31)12-14-32-25(29)35-26(30)33-15-13-28(3,4)34-16-18(36)17-38-20-9-7-11-22-23(20)24(37)19-8-5-6-10-21(19)39-22/h5-11,18,34,36H,12-17,31H2,1-4H3,(H5,29,30,32,33,35). The summed E-state index contributed by atoms with van der Waals surface area (Å²) in [6.45, 7) is 9.26. The summed E-state index contributed by atoms with van der Waals surface area (Å²) in [6.07, 6.45) is 0.592. The molecule has 0 radical (unpaired) electrons. The van der Waals surface area contributed by atoms with E-state index >= 15 is 0 Å². The summed E-state index contributed by atoms with van der Waals surface area (Å²) in [5, 5.41) is 39.5. The van der Waals surface area contributed by atoms with Crippen molar-refractivity contribution >= 4 is 43.4 Å². The van der Waals surface area contributed by atoms with Crippen LogP contribution < -0.4 is 37.2 Å². The van der Waals surface area contributed by atoms with Crippen molar-refractivity contribution in [2.24, 2.45) is 5.73 Å². The summed E-state index contributed by atoms with van der Waals surface area (Å²) in [6, 6.07) is 13.1. The normalized spacial score (nSPS) is 12.8. The molecule has 0 bridgehead atoms. The molecule has 9 N–H and O–H groups in total. The Balaban J connectivity index is 1.42. The Morgan fingerprint density at radius 2 is 1.64 bits per heavy atom. The van der Waals surface area contributed by atoms with Gasteiger partial charge in [0, 0.05) is 45.5 Å². The van der Waals surface area contributed by atoms with E-state index in [-0.39, 0.29) is 35.0 Å². The number of nitrogens with two attached hydrogens (primary N) is 1. The highest BCUT2D eigenvalue weighted by atomic mass is 32.1. The quantitative estimate of drug-likeness (QED) is 0.0958. The van der Waals surface area contributed by atoms with Crippen LogP contribution in [0.2, 0.25) is 0 Å². The SMILES string of the molecule is CC(C)(N)CCNC(=N)NC(=N)NCCC(C)(C)NCC(O)COc1cccc2sc3ccccc3c(=O)c12. The molecule has 3 aromatic rings. The van der Waals surface area contributed by atoms with Gasteiger partial charge in [0.15, 0.2) is 17.3 Å². The van der Waals surface area contributed by atoms with Crippen molar-refractivity contribution in [1.82, 2.24) is 21.3 Å². The Labute approximate surface area is 233 Å². The van der Waals surface area contributed by atoms with Crippen molar-refractivity contribution in [3.63, 3.8) is 0 Å². The van der Waals surface area contributed by atoms with Crippen LogP contribution in [-0.4, -0.2) is 60.4 Å². The first-order valence-corrected chi connectivity index (χ1v) is 13.9. The van der Waals surface area contributed by atoms with Crippen LogP contribution in [0, 0.1) is 10.8 Å². The molecule has 0 aliphatic heterocycles. The van der Waals surface area contributed by atoms with Crippen molar-refractivity contribution in [3.8, 4) is 5.75 Å². The fraction of sp³-hybridized carbons (Fsp3) is 0.464. The van der Waals surface area contributed by atoms with Gasteiger partial charge in [-0.2, -0.15) is 0 Å². The monoisotopic (exact) mass is 555 g/mol. The smallest absolute Gasteiger partial charge is 0.199 e. The molecule has 1 aromatic heterocycles. The van der Waals surface area contributed by atoms with Gasteiger partial charge in [-0.3, -0.25) is 20.9 Å². The zero-order valence-corrected chi connectivity index (χ0v) is 23.9. The molecule has 0 spiro atoms. The molecule has 0 amide bonds. The van der Waals surface area contributed by atoms with E-state index in [1.54, 1.807) is 17.4 Å². The molecule has 1 unspecified atom stereocenters. The summed E-state index contributed by atoms with van der Waals surface area (Å²) >= 11 is 1.54. The van der Waals surface area contributed by atoms with Gasteiger partial charge in [-0.1, -0.05) is 18.2 Å². The van der Waals surface area contributed by atoms with Crippen LogP contribution in [0.3, 0.4) is 0 Å². The minimum Gasteiger partial charge on any atom is -0.490 e. The number of fused-ring (bicyclic) bond motifs is 2. The summed E-state index contributed by atoms with van der Waals surface area (Å²) in [4.78, 5) is 13.1. The lowest BCUT2D eigenvalue weighted by molar-refractivity contribution is 0.0989. The number of hydrogen-bond donors (Lipinski definition) is 8. The average molecular weight is 556 g/mol. The van der Waals surface area contributed by atoms with E-state index in [1.165, 1.54) is 0 Å². The highest BCUT2D eigenvalue weighted by Crippen LogP contribution is 2.30. The number of benzene rings is 2. The first-order valence-electron chi connectivity index (χ1n) is 13.1. The number of aliphatic hydroxyl groups is 1. The highest BCUT2D eigenvalue weighted by molar-refractivity contribution is 7.24. The van der Waals surface area contributed by atoms with Crippen LogP contribution in [0.15, 0.2) is 47.3 Å². The van der Waals surface area contributed by atoms with Crippen LogP contribution in [0.4, 0.5) is 0 Å².